The zero-order chi connectivity index (χ0) is 12.7. The molecule has 0 amide bonds. The van der Waals surface area contributed by atoms with Crippen molar-refractivity contribution in [1.29, 1.82) is 0 Å². The van der Waals surface area contributed by atoms with Gasteiger partial charge in [0.1, 0.15) is 9.84 Å². The molecule has 0 bridgehead atoms. The van der Waals surface area contributed by atoms with Gasteiger partial charge in [0.15, 0.2) is 0 Å². The fourth-order valence-corrected chi connectivity index (χ4v) is 2.25. The lowest BCUT2D eigenvalue weighted by molar-refractivity contribution is 0.503. The van der Waals surface area contributed by atoms with E-state index in [-0.39, 0.29) is 11.8 Å². The average molecular weight is 256 g/mol. The van der Waals surface area contributed by atoms with Gasteiger partial charge in [0.05, 0.1) is 17.5 Å². The van der Waals surface area contributed by atoms with Gasteiger partial charge in [-0.2, -0.15) is 0 Å². The fraction of sp³-hybridized carbons (Fsp3) is 0.583. The number of hydrogen-bond donors (Lipinski definition) is 1. The van der Waals surface area contributed by atoms with E-state index in [2.05, 4.69) is 17.2 Å². The van der Waals surface area contributed by atoms with E-state index in [1.165, 1.54) is 6.26 Å². The molecule has 0 saturated carbocycles. The third kappa shape index (κ3) is 5.79. The van der Waals surface area contributed by atoms with Crippen molar-refractivity contribution in [2.45, 2.75) is 25.8 Å². The van der Waals surface area contributed by atoms with Crippen LogP contribution in [-0.4, -0.2) is 32.0 Å². The molecule has 0 spiro atoms. The summed E-state index contributed by atoms with van der Waals surface area (Å²) < 4.78 is 22.4. The maximum atomic E-state index is 11.2. The fourth-order valence-electron chi connectivity index (χ4n) is 1.59. The first kappa shape index (κ1) is 14.1. The Hall–Kier alpha value is -0.940. The molecule has 1 aromatic heterocycles. The Morgan fingerprint density at radius 2 is 2.18 bits per heavy atom. The molecule has 0 aliphatic carbocycles. The molecule has 17 heavy (non-hydrogen) atoms. The first-order valence-electron chi connectivity index (χ1n) is 5.85. The largest absolute Gasteiger partial charge is 0.309 e. The number of pyridine rings is 1. The maximum Gasteiger partial charge on any atom is 0.147 e. The van der Waals surface area contributed by atoms with E-state index in [1.807, 2.05) is 18.2 Å². The van der Waals surface area contributed by atoms with Crippen LogP contribution >= 0.6 is 0 Å². The summed E-state index contributed by atoms with van der Waals surface area (Å²) in [6, 6.07) is 5.72. The van der Waals surface area contributed by atoms with Crippen LogP contribution in [0.2, 0.25) is 0 Å². The molecule has 0 aliphatic heterocycles. The van der Waals surface area contributed by atoms with Crippen LogP contribution in [0.25, 0.3) is 0 Å². The molecular weight excluding hydrogens is 236 g/mol. The highest BCUT2D eigenvalue weighted by molar-refractivity contribution is 7.90. The average Bonchev–Trinajstić information content (AvgIpc) is 2.29. The van der Waals surface area contributed by atoms with Crippen LogP contribution in [0.5, 0.6) is 0 Å². The topological polar surface area (TPSA) is 59.1 Å². The third-order valence-corrected chi connectivity index (χ3v) is 3.44. The SMILES string of the molecule is CCCNC(CCS(C)(=O)=O)c1ccccn1. The second-order valence-corrected chi connectivity index (χ2v) is 6.44. The lowest BCUT2D eigenvalue weighted by Crippen LogP contribution is -2.25. The summed E-state index contributed by atoms with van der Waals surface area (Å²) in [6.45, 7) is 2.95. The van der Waals surface area contributed by atoms with Gasteiger partial charge in [-0.1, -0.05) is 13.0 Å². The zero-order valence-corrected chi connectivity index (χ0v) is 11.2. The Bertz CT molecular complexity index is 417. The molecule has 1 atom stereocenters. The van der Waals surface area contributed by atoms with Crippen LogP contribution < -0.4 is 5.32 Å². The van der Waals surface area contributed by atoms with Crippen molar-refractivity contribution >= 4 is 9.84 Å². The quantitative estimate of drug-likeness (QED) is 0.804. The van der Waals surface area contributed by atoms with Crippen molar-refractivity contribution in [1.82, 2.24) is 10.3 Å². The van der Waals surface area contributed by atoms with Gasteiger partial charge in [0, 0.05) is 12.5 Å². The minimum Gasteiger partial charge on any atom is -0.309 e. The lowest BCUT2D eigenvalue weighted by atomic mass is 10.1. The van der Waals surface area contributed by atoms with Crippen LogP contribution in [0.3, 0.4) is 0 Å². The molecule has 1 N–H and O–H groups in total. The van der Waals surface area contributed by atoms with Crippen LogP contribution in [0.15, 0.2) is 24.4 Å². The van der Waals surface area contributed by atoms with E-state index in [0.717, 1.165) is 18.7 Å². The minimum absolute atomic E-state index is 0.0193. The Morgan fingerprint density at radius 1 is 1.41 bits per heavy atom. The summed E-state index contributed by atoms with van der Waals surface area (Å²) in [7, 11) is -2.92. The van der Waals surface area contributed by atoms with Gasteiger partial charge < -0.3 is 5.32 Å². The number of nitrogens with one attached hydrogen (secondary N) is 1. The van der Waals surface area contributed by atoms with Gasteiger partial charge in [-0.25, -0.2) is 8.42 Å². The van der Waals surface area contributed by atoms with Gasteiger partial charge in [-0.05, 0) is 31.5 Å². The van der Waals surface area contributed by atoms with E-state index in [0.29, 0.717) is 6.42 Å². The van der Waals surface area contributed by atoms with Gasteiger partial charge in [0.25, 0.3) is 0 Å². The lowest BCUT2D eigenvalue weighted by Gasteiger charge is -2.17. The summed E-state index contributed by atoms with van der Waals surface area (Å²) in [5.41, 5.74) is 0.907. The van der Waals surface area contributed by atoms with Crippen molar-refractivity contribution in [2.75, 3.05) is 18.6 Å². The van der Waals surface area contributed by atoms with Crippen LogP contribution in [0, 0.1) is 0 Å². The molecular formula is C12H20N2O2S. The molecule has 0 saturated heterocycles. The number of rotatable bonds is 7. The summed E-state index contributed by atoms with van der Waals surface area (Å²) in [5, 5.41) is 3.33. The number of sulfone groups is 1. The van der Waals surface area contributed by atoms with E-state index in [4.69, 9.17) is 0 Å². The molecule has 96 valence electrons. The first-order chi connectivity index (χ1) is 8.03. The van der Waals surface area contributed by atoms with Crippen LogP contribution in [0.1, 0.15) is 31.5 Å². The van der Waals surface area contributed by atoms with Crippen molar-refractivity contribution in [2.24, 2.45) is 0 Å². The predicted molar refractivity (Wildman–Crippen MR) is 69.6 cm³/mol. The van der Waals surface area contributed by atoms with E-state index in [9.17, 15) is 8.42 Å². The Kier molecular flexibility index (Phi) is 5.58. The molecule has 5 heteroatoms. The van der Waals surface area contributed by atoms with Crippen molar-refractivity contribution in [3.05, 3.63) is 30.1 Å². The number of aromatic nitrogens is 1. The second kappa shape index (κ2) is 6.71. The molecule has 0 fully saturated rings. The molecule has 1 unspecified atom stereocenters. The predicted octanol–water partition coefficient (Wildman–Crippen LogP) is 1.56. The van der Waals surface area contributed by atoms with E-state index < -0.39 is 9.84 Å². The Labute approximate surface area is 103 Å². The molecule has 0 radical (unpaired) electrons. The minimum atomic E-state index is -2.92. The molecule has 0 aromatic carbocycles. The highest BCUT2D eigenvalue weighted by Crippen LogP contribution is 2.14. The highest BCUT2D eigenvalue weighted by atomic mass is 32.2. The maximum absolute atomic E-state index is 11.2. The summed E-state index contributed by atoms with van der Waals surface area (Å²) in [6.07, 6.45) is 4.58. The van der Waals surface area contributed by atoms with Crippen molar-refractivity contribution in [3.8, 4) is 0 Å². The molecule has 1 heterocycles. The Morgan fingerprint density at radius 3 is 2.71 bits per heavy atom. The van der Waals surface area contributed by atoms with Crippen LogP contribution in [-0.2, 0) is 9.84 Å². The monoisotopic (exact) mass is 256 g/mol. The van der Waals surface area contributed by atoms with Crippen molar-refractivity contribution < 1.29 is 8.42 Å². The van der Waals surface area contributed by atoms with Crippen LogP contribution in [0.4, 0.5) is 0 Å². The van der Waals surface area contributed by atoms with E-state index in [1.54, 1.807) is 6.20 Å². The van der Waals surface area contributed by atoms with Gasteiger partial charge >= 0.3 is 0 Å². The standard InChI is InChI=1S/C12H20N2O2S/c1-3-8-13-12(7-10-17(2,15)16)11-6-4-5-9-14-11/h4-6,9,12-13H,3,7-8,10H2,1-2H3. The molecule has 1 rings (SSSR count). The summed E-state index contributed by atoms with van der Waals surface area (Å²) in [5.74, 6) is 0.185. The van der Waals surface area contributed by atoms with Crippen molar-refractivity contribution in [3.63, 3.8) is 0 Å². The zero-order valence-electron chi connectivity index (χ0n) is 10.4. The number of hydrogen-bond acceptors (Lipinski definition) is 4. The second-order valence-electron chi connectivity index (χ2n) is 4.18. The number of nitrogens with zero attached hydrogens (tertiary/aromatic N) is 1. The summed E-state index contributed by atoms with van der Waals surface area (Å²) in [4.78, 5) is 4.28. The molecule has 1 aromatic rings. The highest BCUT2D eigenvalue weighted by Gasteiger charge is 2.14. The van der Waals surface area contributed by atoms with Gasteiger partial charge in [-0.15, -0.1) is 0 Å². The summed E-state index contributed by atoms with van der Waals surface area (Å²) >= 11 is 0. The van der Waals surface area contributed by atoms with E-state index >= 15 is 0 Å². The molecule has 4 nitrogen and oxygen atoms in total. The normalized spacial score (nSPS) is 13.5. The Balaban J connectivity index is 2.67. The van der Waals surface area contributed by atoms with Gasteiger partial charge in [0.2, 0.25) is 0 Å². The third-order valence-electron chi connectivity index (χ3n) is 2.46. The van der Waals surface area contributed by atoms with Gasteiger partial charge in [-0.3, -0.25) is 4.98 Å². The molecule has 0 aliphatic rings. The first-order valence-corrected chi connectivity index (χ1v) is 7.91. The smallest absolute Gasteiger partial charge is 0.147 e.